The maximum absolute atomic E-state index is 9.13. The van der Waals surface area contributed by atoms with Gasteiger partial charge in [0.1, 0.15) is 0 Å². The van der Waals surface area contributed by atoms with Gasteiger partial charge in [-0.3, -0.25) is 0 Å². The van der Waals surface area contributed by atoms with E-state index in [1.54, 1.807) is 0 Å². The van der Waals surface area contributed by atoms with Gasteiger partial charge in [0, 0.05) is 0 Å². The highest BCUT2D eigenvalue weighted by Crippen LogP contribution is 2.39. The average molecular weight is 111 g/mol. The van der Waals surface area contributed by atoms with Crippen molar-refractivity contribution in [1.29, 1.82) is 0 Å². The molecule has 0 saturated heterocycles. The van der Waals surface area contributed by atoms with Crippen LogP contribution in [0.25, 0.3) is 0 Å². The van der Waals surface area contributed by atoms with Gasteiger partial charge in [-0.1, -0.05) is 0 Å². The van der Waals surface area contributed by atoms with Gasteiger partial charge in [-0.25, -0.2) is 4.79 Å². The fraction of sp³-hybridized carbons (Fsp3) is 0. The molecule has 0 aromatic carbocycles. The molecule has 0 aromatic rings. The van der Waals surface area contributed by atoms with Crippen LogP contribution in [0.5, 0.6) is 0 Å². The quantitative estimate of drug-likeness (QED) is 0.297. The number of hydrogen-bond donors (Lipinski definition) is 3. The van der Waals surface area contributed by atoms with E-state index in [2.05, 4.69) is 0 Å². The maximum Gasteiger partial charge on any atom is 0.475 e. The lowest BCUT2D eigenvalue weighted by Gasteiger charge is -1.85. The molecule has 0 bridgehead atoms. The summed E-state index contributed by atoms with van der Waals surface area (Å²) in [6.45, 7) is 0. The Kier molecular flexibility index (Phi) is 1.61. The topological polar surface area (TPSA) is 77.8 Å². The van der Waals surface area contributed by atoms with Crippen molar-refractivity contribution in [1.82, 2.24) is 0 Å². The van der Waals surface area contributed by atoms with Crippen LogP contribution >= 0.6 is 7.94 Å². The third-order valence-corrected chi connectivity index (χ3v) is 0.424. The Labute approximate surface area is 34.6 Å². The van der Waals surface area contributed by atoms with Crippen molar-refractivity contribution in [2.24, 2.45) is 0 Å². The highest BCUT2D eigenvalue weighted by atomic mass is 31.2. The van der Waals surface area contributed by atoms with Gasteiger partial charge in [0.25, 0.3) is 0 Å². The monoisotopic (exact) mass is 111 g/mol. The first kappa shape index (κ1) is 5.98. The minimum atomic E-state index is -4.08. The molecule has 6 heavy (non-hydrogen) atoms. The highest BCUT2D eigenvalue weighted by molar-refractivity contribution is 7.73. The Morgan fingerprint density at radius 2 is 1.50 bits per heavy atom. The molecule has 0 aliphatic heterocycles. The first-order valence-electron chi connectivity index (χ1n) is 1.09. The standard InChI is InChI=1S/CH4O4P/c2-1-6(3,4)5/h1,3-5H/q+1. The average Bonchev–Trinajstić information content (AvgIpc) is 1.35. The lowest BCUT2D eigenvalue weighted by Crippen LogP contribution is -1.85. The minimum absolute atomic E-state index is 0.285. The molecule has 0 saturated carbocycles. The van der Waals surface area contributed by atoms with Gasteiger partial charge >= 0.3 is 14.0 Å². The summed E-state index contributed by atoms with van der Waals surface area (Å²) in [7, 11) is -4.08. The van der Waals surface area contributed by atoms with E-state index in [0.29, 0.717) is 0 Å². The van der Waals surface area contributed by atoms with Crippen LogP contribution in [-0.2, 0) is 4.79 Å². The Bertz CT molecular complexity index is 53.1. The molecule has 0 radical (unpaired) electrons. The van der Waals surface area contributed by atoms with Crippen LogP contribution in [0, 0.1) is 0 Å². The fourth-order valence-electron chi connectivity index (χ4n) is 0. The van der Waals surface area contributed by atoms with Crippen LogP contribution in [0.4, 0.5) is 0 Å². The third-order valence-electron chi connectivity index (χ3n) is 0.141. The van der Waals surface area contributed by atoms with E-state index >= 15 is 0 Å². The van der Waals surface area contributed by atoms with Crippen LogP contribution in [0.2, 0.25) is 0 Å². The molecule has 0 fully saturated rings. The van der Waals surface area contributed by atoms with Gasteiger partial charge in [-0.2, -0.15) is 14.7 Å². The summed E-state index contributed by atoms with van der Waals surface area (Å²) in [5, 5.41) is 0. The predicted octanol–water partition coefficient (Wildman–Crippen LogP) is -1.08. The third kappa shape index (κ3) is 3.98. The SMILES string of the molecule is O=C[P+](O)(O)O. The summed E-state index contributed by atoms with van der Waals surface area (Å²) in [6.07, 6.45) is 0. The number of hydrogen-bond acceptors (Lipinski definition) is 4. The molecule has 0 aliphatic carbocycles. The highest BCUT2D eigenvalue weighted by Gasteiger charge is 2.27. The summed E-state index contributed by atoms with van der Waals surface area (Å²) in [5.74, 6) is 0. The van der Waals surface area contributed by atoms with E-state index in [1.165, 1.54) is 0 Å². The van der Waals surface area contributed by atoms with Crippen molar-refractivity contribution >= 4 is 14.0 Å². The van der Waals surface area contributed by atoms with Gasteiger partial charge in [0.05, 0.1) is 0 Å². The lowest BCUT2D eigenvalue weighted by molar-refractivity contribution is 0.346. The normalized spacial score (nSPS) is 11.2. The summed E-state index contributed by atoms with van der Waals surface area (Å²) < 4.78 is 0. The zero-order valence-electron chi connectivity index (χ0n) is 2.77. The minimum Gasteiger partial charge on any atom is -0.247 e. The molecule has 36 valence electrons. The molecule has 4 nitrogen and oxygen atoms in total. The molecule has 0 spiro atoms. The molecule has 0 unspecified atom stereocenters. The molecule has 3 N–H and O–H groups in total. The Balaban J connectivity index is 3.45. The molecule has 0 rings (SSSR count). The maximum atomic E-state index is 9.13. The van der Waals surface area contributed by atoms with Crippen LogP contribution in [0.15, 0.2) is 0 Å². The number of carbonyl (C=O) groups is 1. The summed E-state index contributed by atoms with van der Waals surface area (Å²) >= 11 is 0. The van der Waals surface area contributed by atoms with Gasteiger partial charge in [-0.15, -0.1) is 0 Å². The molecular weight excluding hydrogens is 107 g/mol. The van der Waals surface area contributed by atoms with Crippen LogP contribution in [0.3, 0.4) is 0 Å². The van der Waals surface area contributed by atoms with E-state index in [0.717, 1.165) is 0 Å². The molecule has 0 aliphatic rings. The number of carbonyl (C=O) groups excluding carboxylic acids is 1. The molecule has 0 atom stereocenters. The zero-order valence-corrected chi connectivity index (χ0v) is 3.67. The second-order valence-electron chi connectivity index (χ2n) is 0.720. The molecular formula is CH4O4P+. The zero-order chi connectivity index (χ0) is 5.21. The van der Waals surface area contributed by atoms with E-state index in [4.69, 9.17) is 19.5 Å². The van der Waals surface area contributed by atoms with Crippen molar-refractivity contribution in [2.45, 2.75) is 0 Å². The van der Waals surface area contributed by atoms with Gasteiger partial charge < -0.3 is 0 Å². The van der Waals surface area contributed by atoms with E-state index in [-0.39, 0.29) is 6.03 Å². The summed E-state index contributed by atoms with van der Waals surface area (Å²) in [5.41, 5.74) is 0. The van der Waals surface area contributed by atoms with Crippen molar-refractivity contribution in [2.75, 3.05) is 0 Å². The Morgan fingerprint density at radius 3 is 1.50 bits per heavy atom. The first-order valence-corrected chi connectivity index (χ1v) is 2.81. The molecule has 0 amide bonds. The molecule has 5 heteroatoms. The second-order valence-corrected chi connectivity index (χ2v) is 2.16. The van der Waals surface area contributed by atoms with Gasteiger partial charge in [0.15, 0.2) is 0 Å². The van der Waals surface area contributed by atoms with Crippen molar-refractivity contribution in [3.8, 4) is 0 Å². The van der Waals surface area contributed by atoms with Crippen LogP contribution < -0.4 is 0 Å². The fourth-order valence-corrected chi connectivity index (χ4v) is 0. The summed E-state index contributed by atoms with van der Waals surface area (Å²) in [4.78, 5) is 32.2. The second kappa shape index (κ2) is 1.62. The van der Waals surface area contributed by atoms with E-state index in [1.807, 2.05) is 0 Å². The van der Waals surface area contributed by atoms with Gasteiger partial charge in [0.2, 0.25) is 0 Å². The Morgan fingerprint density at radius 1 is 1.33 bits per heavy atom. The molecule has 0 heterocycles. The molecule has 0 aromatic heterocycles. The Hall–Kier alpha value is -0.0200. The number of rotatable bonds is 1. The van der Waals surface area contributed by atoms with Crippen molar-refractivity contribution in [3.63, 3.8) is 0 Å². The summed E-state index contributed by atoms with van der Waals surface area (Å²) in [6, 6.07) is -0.285. The van der Waals surface area contributed by atoms with Gasteiger partial charge in [-0.05, 0) is 0 Å². The largest absolute Gasteiger partial charge is 0.475 e. The van der Waals surface area contributed by atoms with Crippen molar-refractivity contribution in [3.05, 3.63) is 0 Å². The predicted molar refractivity (Wildman–Crippen MR) is 20.3 cm³/mol. The first-order chi connectivity index (χ1) is 2.56. The van der Waals surface area contributed by atoms with Crippen molar-refractivity contribution < 1.29 is 19.5 Å². The lowest BCUT2D eigenvalue weighted by atomic mass is 11.8. The van der Waals surface area contributed by atoms with E-state index in [9.17, 15) is 0 Å². The van der Waals surface area contributed by atoms with E-state index < -0.39 is 7.94 Å². The smallest absolute Gasteiger partial charge is 0.247 e. The van der Waals surface area contributed by atoms with Crippen LogP contribution in [0.1, 0.15) is 0 Å². The van der Waals surface area contributed by atoms with Crippen LogP contribution in [-0.4, -0.2) is 20.7 Å².